The summed E-state index contributed by atoms with van der Waals surface area (Å²) in [5.41, 5.74) is 3.76. The summed E-state index contributed by atoms with van der Waals surface area (Å²) < 4.78 is 5.61. The highest BCUT2D eigenvalue weighted by molar-refractivity contribution is 5.76. The zero-order chi connectivity index (χ0) is 25.1. The average molecular weight is 467 g/mol. The van der Waals surface area contributed by atoms with Crippen molar-refractivity contribution in [1.29, 1.82) is 0 Å². The number of hydrogen-bond acceptors (Lipinski definition) is 3. The van der Waals surface area contributed by atoms with E-state index < -0.39 is 0 Å². The quantitative estimate of drug-likeness (QED) is 0.286. The van der Waals surface area contributed by atoms with Crippen LogP contribution in [-0.2, 0) is 11.2 Å². The summed E-state index contributed by atoms with van der Waals surface area (Å²) in [6.45, 7) is 15.1. The Labute approximate surface area is 208 Å². The minimum Gasteiger partial charge on any atom is -0.496 e. The molecule has 4 nitrogen and oxygen atoms in total. The normalized spacial score (nSPS) is 11.6. The van der Waals surface area contributed by atoms with Crippen molar-refractivity contribution in [3.8, 4) is 16.9 Å². The van der Waals surface area contributed by atoms with Crippen molar-refractivity contribution in [1.82, 2.24) is 9.80 Å². The molecule has 4 heteroatoms. The van der Waals surface area contributed by atoms with E-state index in [0.29, 0.717) is 18.4 Å². The molecule has 2 aromatic carbocycles. The van der Waals surface area contributed by atoms with Gasteiger partial charge in [0, 0.05) is 36.7 Å². The molecule has 188 valence electrons. The van der Waals surface area contributed by atoms with E-state index in [1.54, 1.807) is 7.11 Å². The molecule has 0 aliphatic heterocycles. The highest BCUT2D eigenvalue weighted by Crippen LogP contribution is 2.32. The molecule has 0 aliphatic rings. The molecule has 0 aliphatic carbocycles. The Hall–Kier alpha value is -2.33. The molecule has 2 aromatic rings. The van der Waals surface area contributed by atoms with Crippen LogP contribution in [0.15, 0.2) is 48.5 Å². The van der Waals surface area contributed by atoms with E-state index >= 15 is 0 Å². The van der Waals surface area contributed by atoms with Crippen LogP contribution in [-0.4, -0.2) is 54.0 Å². The van der Waals surface area contributed by atoms with Gasteiger partial charge in [0.1, 0.15) is 5.75 Å². The van der Waals surface area contributed by atoms with Crippen molar-refractivity contribution < 1.29 is 9.53 Å². The van der Waals surface area contributed by atoms with Crippen LogP contribution in [0.25, 0.3) is 11.1 Å². The van der Waals surface area contributed by atoms with E-state index in [0.717, 1.165) is 50.1 Å². The number of benzene rings is 2. The van der Waals surface area contributed by atoms with E-state index in [1.807, 2.05) is 17.0 Å². The number of para-hydroxylation sites is 1. The number of hydrogen-bond donors (Lipinski definition) is 0. The van der Waals surface area contributed by atoms with Gasteiger partial charge in [0.05, 0.1) is 7.11 Å². The lowest BCUT2D eigenvalue weighted by molar-refractivity contribution is -0.134. The van der Waals surface area contributed by atoms with Gasteiger partial charge in [0.25, 0.3) is 0 Å². The number of carbonyl (C=O) groups excluding carboxylic acids is 1. The standard InChI is InChI=1S/C30H46N2O2/c1-23(2)31(21-14-8-9-19-30(33)32(24(3)4)25(5)6)22-20-26-15-10-11-16-27(26)28-17-12-13-18-29(28)34-7/h10-13,15-18,23-25H,8-9,14,19-22H2,1-7H3. The van der Waals surface area contributed by atoms with Crippen molar-refractivity contribution in [2.75, 3.05) is 20.2 Å². The zero-order valence-electron chi connectivity index (χ0n) is 22.5. The Morgan fingerprint density at radius 3 is 2.00 bits per heavy atom. The fourth-order valence-electron chi connectivity index (χ4n) is 4.83. The molecule has 0 N–H and O–H groups in total. The molecule has 0 aromatic heterocycles. The van der Waals surface area contributed by atoms with Gasteiger partial charge in [0.15, 0.2) is 0 Å². The first kappa shape index (κ1) is 27.9. The largest absolute Gasteiger partial charge is 0.496 e. The van der Waals surface area contributed by atoms with E-state index in [9.17, 15) is 4.79 Å². The maximum Gasteiger partial charge on any atom is 0.223 e. The molecule has 0 saturated carbocycles. The van der Waals surface area contributed by atoms with E-state index in [2.05, 4.69) is 82.8 Å². The predicted octanol–water partition coefficient (Wildman–Crippen LogP) is 6.82. The molecule has 0 radical (unpaired) electrons. The summed E-state index contributed by atoms with van der Waals surface area (Å²) in [6, 6.07) is 17.9. The van der Waals surface area contributed by atoms with Gasteiger partial charge in [-0.25, -0.2) is 0 Å². The lowest BCUT2D eigenvalue weighted by Crippen LogP contribution is -2.41. The van der Waals surface area contributed by atoms with Crippen LogP contribution in [0.5, 0.6) is 5.75 Å². The summed E-state index contributed by atoms with van der Waals surface area (Å²) >= 11 is 0. The fraction of sp³-hybridized carbons (Fsp3) is 0.567. The summed E-state index contributed by atoms with van der Waals surface area (Å²) in [6.07, 6.45) is 4.85. The third-order valence-electron chi connectivity index (χ3n) is 6.55. The fourth-order valence-corrected chi connectivity index (χ4v) is 4.83. The third-order valence-corrected chi connectivity index (χ3v) is 6.55. The van der Waals surface area contributed by atoms with Crippen LogP contribution in [0.4, 0.5) is 0 Å². The molecule has 0 unspecified atom stereocenters. The summed E-state index contributed by atoms with van der Waals surface area (Å²) in [7, 11) is 1.73. The van der Waals surface area contributed by atoms with Crippen molar-refractivity contribution in [2.24, 2.45) is 0 Å². The lowest BCUT2D eigenvalue weighted by atomic mass is 9.96. The van der Waals surface area contributed by atoms with Crippen LogP contribution in [0.1, 0.15) is 72.8 Å². The van der Waals surface area contributed by atoms with Gasteiger partial charge >= 0.3 is 0 Å². The van der Waals surface area contributed by atoms with E-state index in [1.165, 1.54) is 11.1 Å². The van der Waals surface area contributed by atoms with Gasteiger partial charge in [-0.05, 0) is 84.5 Å². The maximum atomic E-state index is 12.6. The third kappa shape index (κ3) is 8.16. The Morgan fingerprint density at radius 2 is 1.38 bits per heavy atom. The van der Waals surface area contributed by atoms with Crippen molar-refractivity contribution in [2.45, 2.75) is 91.8 Å². The van der Waals surface area contributed by atoms with Crippen molar-refractivity contribution in [3.05, 3.63) is 54.1 Å². The topological polar surface area (TPSA) is 32.8 Å². The minimum atomic E-state index is 0.266. The van der Waals surface area contributed by atoms with Gasteiger partial charge in [-0.15, -0.1) is 0 Å². The van der Waals surface area contributed by atoms with Crippen LogP contribution >= 0.6 is 0 Å². The molecule has 2 rings (SSSR count). The second-order valence-corrected chi connectivity index (χ2v) is 10.0. The average Bonchev–Trinajstić information content (AvgIpc) is 2.80. The van der Waals surface area contributed by atoms with Crippen molar-refractivity contribution in [3.63, 3.8) is 0 Å². The Balaban J connectivity index is 1.90. The second kappa shape index (κ2) is 14.2. The number of carbonyl (C=O) groups is 1. The number of methoxy groups -OCH3 is 1. The van der Waals surface area contributed by atoms with Gasteiger partial charge in [-0.2, -0.15) is 0 Å². The number of ether oxygens (including phenoxy) is 1. The van der Waals surface area contributed by atoms with Crippen molar-refractivity contribution >= 4 is 5.91 Å². The highest BCUT2D eigenvalue weighted by atomic mass is 16.5. The molecular weight excluding hydrogens is 420 g/mol. The molecule has 0 heterocycles. The molecule has 34 heavy (non-hydrogen) atoms. The predicted molar refractivity (Wildman–Crippen MR) is 144 cm³/mol. The molecule has 0 saturated heterocycles. The summed E-state index contributed by atoms with van der Waals surface area (Å²) in [5.74, 6) is 1.21. The maximum absolute atomic E-state index is 12.6. The van der Waals surface area contributed by atoms with Crippen LogP contribution in [0, 0.1) is 0 Å². The van der Waals surface area contributed by atoms with Crippen LogP contribution in [0.3, 0.4) is 0 Å². The first-order valence-electron chi connectivity index (χ1n) is 13.0. The SMILES string of the molecule is COc1ccccc1-c1ccccc1CCN(CCCCCC(=O)N(C(C)C)C(C)C)C(C)C. The molecule has 0 bridgehead atoms. The molecule has 1 amide bonds. The number of nitrogens with zero attached hydrogens (tertiary/aromatic N) is 2. The minimum absolute atomic E-state index is 0.266. The molecule has 0 spiro atoms. The molecule has 0 atom stereocenters. The van der Waals surface area contributed by atoms with Gasteiger partial charge in [-0.1, -0.05) is 48.9 Å². The number of amides is 1. The van der Waals surface area contributed by atoms with Crippen LogP contribution in [0.2, 0.25) is 0 Å². The first-order chi connectivity index (χ1) is 16.3. The number of unbranched alkanes of at least 4 members (excludes halogenated alkanes) is 2. The monoisotopic (exact) mass is 466 g/mol. The van der Waals surface area contributed by atoms with Gasteiger partial charge in [-0.3, -0.25) is 4.79 Å². The zero-order valence-corrected chi connectivity index (χ0v) is 22.5. The first-order valence-corrected chi connectivity index (χ1v) is 13.0. The van der Waals surface area contributed by atoms with Gasteiger partial charge in [0.2, 0.25) is 5.91 Å². The molecular formula is C30H46N2O2. The van der Waals surface area contributed by atoms with E-state index in [-0.39, 0.29) is 12.1 Å². The lowest BCUT2D eigenvalue weighted by Gasteiger charge is -2.31. The summed E-state index contributed by atoms with van der Waals surface area (Å²) in [5, 5.41) is 0. The van der Waals surface area contributed by atoms with Crippen LogP contribution < -0.4 is 4.74 Å². The number of rotatable bonds is 14. The Morgan fingerprint density at radius 1 is 0.765 bits per heavy atom. The highest BCUT2D eigenvalue weighted by Gasteiger charge is 2.19. The molecule has 0 fully saturated rings. The van der Waals surface area contributed by atoms with E-state index in [4.69, 9.17) is 4.74 Å². The Kier molecular flexibility index (Phi) is 11.6. The smallest absolute Gasteiger partial charge is 0.223 e. The second-order valence-electron chi connectivity index (χ2n) is 10.0. The van der Waals surface area contributed by atoms with Gasteiger partial charge < -0.3 is 14.5 Å². The summed E-state index contributed by atoms with van der Waals surface area (Å²) in [4.78, 5) is 17.2. The Bertz CT molecular complexity index is 868.